The number of hydrogen-bond donors (Lipinski definition) is 1. The van der Waals surface area contributed by atoms with Gasteiger partial charge in [-0.15, -0.1) is 12.3 Å². The Balaban J connectivity index is 2.74. The number of ether oxygens (including phenoxy) is 1. The van der Waals surface area contributed by atoms with Crippen LogP contribution in [0.3, 0.4) is 0 Å². The number of benzene rings is 1. The topological polar surface area (TPSA) is 35.2 Å². The minimum Gasteiger partial charge on any atom is -0.496 e. The first kappa shape index (κ1) is 13.1. The Morgan fingerprint density at radius 3 is 2.94 bits per heavy atom. The van der Waals surface area contributed by atoms with Crippen LogP contribution >= 0.6 is 15.9 Å². The number of hydrogen-bond acceptors (Lipinski definition) is 2. The average Bonchev–Trinajstić information content (AvgIpc) is 2.29. The van der Waals surface area contributed by atoms with Crippen LogP contribution in [0, 0.1) is 12.3 Å². The molecule has 0 aliphatic rings. The van der Waals surface area contributed by atoms with E-state index in [2.05, 4.69) is 21.9 Å². The predicted octanol–water partition coefficient (Wildman–Crippen LogP) is 3.26. The van der Waals surface area contributed by atoms with Crippen molar-refractivity contribution in [1.29, 1.82) is 0 Å². The molecular weight excluding hydrogens is 266 g/mol. The van der Waals surface area contributed by atoms with Gasteiger partial charge in [0.05, 0.1) is 7.11 Å². The number of terminal acetylenes is 1. The fourth-order valence-corrected chi connectivity index (χ4v) is 1.91. The molecule has 2 N–H and O–H groups in total. The largest absolute Gasteiger partial charge is 0.496 e. The molecule has 1 aromatic rings. The second-order valence-electron chi connectivity index (χ2n) is 3.59. The first-order valence-corrected chi connectivity index (χ1v) is 6.00. The molecule has 16 heavy (non-hydrogen) atoms. The molecule has 0 saturated carbocycles. The van der Waals surface area contributed by atoms with Crippen LogP contribution in [-0.4, -0.2) is 7.11 Å². The molecule has 0 aliphatic heterocycles. The third-order valence-electron chi connectivity index (χ3n) is 2.43. The fourth-order valence-electron chi connectivity index (χ4n) is 1.57. The first-order valence-electron chi connectivity index (χ1n) is 5.21. The van der Waals surface area contributed by atoms with Gasteiger partial charge in [0.2, 0.25) is 0 Å². The molecule has 0 aromatic heterocycles. The number of unbranched alkanes of at least 4 members (excludes halogenated alkanes) is 1. The van der Waals surface area contributed by atoms with Gasteiger partial charge in [0.1, 0.15) is 5.75 Å². The molecule has 3 heteroatoms. The zero-order chi connectivity index (χ0) is 12.0. The Kier molecular flexibility index (Phi) is 5.37. The molecule has 0 radical (unpaired) electrons. The summed E-state index contributed by atoms with van der Waals surface area (Å²) in [5.74, 6) is 3.44. The minimum atomic E-state index is -0.0172. The molecule has 0 heterocycles. The van der Waals surface area contributed by atoms with E-state index < -0.39 is 0 Å². The second-order valence-corrected chi connectivity index (χ2v) is 4.50. The summed E-state index contributed by atoms with van der Waals surface area (Å²) in [6, 6.07) is 5.87. The third-order valence-corrected chi connectivity index (χ3v) is 2.92. The van der Waals surface area contributed by atoms with Crippen LogP contribution in [0.5, 0.6) is 5.75 Å². The SMILES string of the molecule is C#CCCCC(N)c1ccc(Br)cc1OC. The highest BCUT2D eigenvalue weighted by Gasteiger charge is 2.11. The summed E-state index contributed by atoms with van der Waals surface area (Å²) in [5.41, 5.74) is 7.13. The average molecular weight is 282 g/mol. The number of methoxy groups -OCH3 is 1. The summed E-state index contributed by atoms with van der Waals surface area (Å²) < 4.78 is 6.29. The van der Waals surface area contributed by atoms with Crippen molar-refractivity contribution in [2.45, 2.75) is 25.3 Å². The molecule has 0 spiro atoms. The Hall–Kier alpha value is -0.980. The molecule has 1 unspecified atom stereocenters. The molecule has 0 amide bonds. The maximum absolute atomic E-state index is 6.10. The summed E-state index contributed by atoms with van der Waals surface area (Å²) in [4.78, 5) is 0. The molecule has 0 bridgehead atoms. The van der Waals surface area contributed by atoms with Crippen molar-refractivity contribution in [1.82, 2.24) is 0 Å². The minimum absolute atomic E-state index is 0.0172. The highest BCUT2D eigenvalue weighted by Crippen LogP contribution is 2.29. The summed E-state index contributed by atoms with van der Waals surface area (Å²) in [5, 5.41) is 0. The molecule has 2 nitrogen and oxygen atoms in total. The van der Waals surface area contributed by atoms with E-state index in [1.165, 1.54) is 0 Å². The van der Waals surface area contributed by atoms with Gasteiger partial charge in [0, 0.05) is 22.5 Å². The van der Waals surface area contributed by atoms with Gasteiger partial charge in [-0.2, -0.15) is 0 Å². The lowest BCUT2D eigenvalue weighted by Gasteiger charge is -2.15. The Morgan fingerprint density at radius 1 is 1.56 bits per heavy atom. The van der Waals surface area contributed by atoms with E-state index in [4.69, 9.17) is 16.9 Å². The third kappa shape index (κ3) is 3.55. The normalized spacial score (nSPS) is 11.9. The molecule has 1 rings (SSSR count). The Labute approximate surface area is 105 Å². The van der Waals surface area contributed by atoms with Gasteiger partial charge < -0.3 is 10.5 Å². The summed E-state index contributed by atoms with van der Waals surface area (Å²) in [6.07, 6.45) is 7.80. The molecule has 0 saturated heterocycles. The summed E-state index contributed by atoms with van der Waals surface area (Å²) in [6.45, 7) is 0. The summed E-state index contributed by atoms with van der Waals surface area (Å²) >= 11 is 3.40. The van der Waals surface area contributed by atoms with E-state index in [0.717, 1.165) is 35.0 Å². The van der Waals surface area contributed by atoms with Gasteiger partial charge in [0.25, 0.3) is 0 Å². The van der Waals surface area contributed by atoms with Crippen LogP contribution in [0.1, 0.15) is 30.9 Å². The fraction of sp³-hybridized carbons (Fsp3) is 0.385. The van der Waals surface area contributed by atoms with Crippen LogP contribution in [0.15, 0.2) is 22.7 Å². The quantitative estimate of drug-likeness (QED) is 0.664. The lowest BCUT2D eigenvalue weighted by molar-refractivity contribution is 0.403. The van der Waals surface area contributed by atoms with Crippen molar-refractivity contribution in [3.63, 3.8) is 0 Å². The van der Waals surface area contributed by atoms with Crippen molar-refractivity contribution < 1.29 is 4.74 Å². The monoisotopic (exact) mass is 281 g/mol. The lowest BCUT2D eigenvalue weighted by atomic mass is 10.0. The van der Waals surface area contributed by atoms with Crippen molar-refractivity contribution in [3.05, 3.63) is 28.2 Å². The smallest absolute Gasteiger partial charge is 0.124 e. The van der Waals surface area contributed by atoms with Crippen LogP contribution < -0.4 is 10.5 Å². The molecule has 1 atom stereocenters. The van der Waals surface area contributed by atoms with Crippen molar-refractivity contribution >= 4 is 15.9 Å². The van der Waals surface area contributed by atoms with Crippen LogP contribution in [0.2, 0.25) is 0 Å². The molecule has 0 aliphatic carbocycles. The number of nitrogens with two attached hydrogens (primary N) is 1. The maximum Gasteiger partial charge on any atom is 0.124 e. The predicted molar refractivity (Wildman–Crippen MR) is 70.3 cm³/mol. The second kappa shape index (κ2) is 6.57. The molecule has 86 valence electrons. The van der Waals surface area contributed by atoms with Crippen LogP contribution in [0.25, 0.3) is 0 Å². The van der Waals surface area contributed by atoms with E-state index in [1.807, 2.05) is 18.2 Å². The van der Waals surface area contributed by atoms with E-state index in [9.17, 15) is 0 Å². The van der Waals surface area contributed by atoms with Gasteiger partial charge in [-0.3, -0.25) is 0 Å². The zero-order valence-electron chi connectivity index (χ0n) is 9.37. The van der Waals surface area contributed by atoms with Gasteiger partial charge in [-0.25, -0.2) is 0 Å². The zero-order valence-corrected chi connectivity index (χ0v) is 11.0. The van der Waals surface area contributed by atoms with E-state index in [-0.39, 0.29) is 6.04 Å². The van der Waals surface area contributed by atoms with Crippen LogP contribution in [0.4, 0.5) is 0 Å². The van der Waals surface area contributed by atoms with E-state index in [1.54, 1.807) is 7.11 Å². The lowest BCUT2D eigenvalue weighted by Crippen LogP contribution is -2.11. The van der Waals surface area contributed by atoms with Gasteiger partial charge in [-0.05, 0) is 25.0 Å². The van der Waals surface area contributed by atoms with Gasteiger partial charge in [0.15, 0.2) is 0 Å². The maximum atomic E-state index is 6.10. The van der Waals surface area contributed by atoms with Crippen LogP contribution in [-0.2, 0) is 0 Å². The number of rotatable bonds is 5. The Morgan fingerprint density at radius 2 is 2.31 bits per heavy atom. The van der Waals surface area contributed by atoms with Crippen molar-refractivity contribution in [3.8, 4) is 18.1 Å². The van der Waals surface area contributed by atoms with E-state index >= 15 is 0 Å². The number of halogens is 1. The van der Waals surface area contributed by atoms with Gasteiger partial charge >= 0.3 is 0 Å². The highest BCUT2D eigenvalue weighted by molar-refractivity contribution is 9.10. The van der Waals surface area contributed by atoms with E-state index in [0.29, 0.717) is 0 Å². The molecular formula is C13H16BrNO. The molecule has 0 fully saturated rings. The highest BCUT2D eigenvalue weighted by atomic mass is 79.9. The first-order chi connectivity index (χ1) is 7.69. The van der Waals surface area contributed by atoms with Crippen molar-refractivity contribution in [2.75, 3.05) is 7.11 Å². The standard InChI is InChI=1S/C13H16BrNO/c1-3-4-5-6-12(15)11-8-7-10(14)9-13(11)16-2/h1,7-9,12H,4-6,15H2,2H3. The summed E-state index contributed by atoms with van der Waals surface area (Å²) in [7, 11) is 1.65. The molecule has 1 aromatic carbocycles. The Bertz CT molecular complexity index is 384. The van der Waals surface area contributed by atoms with Crippen molar-refractivity contribution in [2.24, 2.45) is 5.73 Å². The van der Waals surface area contributed by atoms with Gasteiger partial charge in [-0.1, -0.05) is 22.0 Å².